The van der Waals surface area contributed by atoms with Gasteiger partial charge in [0.05, 0.1) is 0 Å². The lowest BCUT2D eigenvalue weighted by molar-refractivity contribution is 0.0534. The molecule has 72 valence electrons. The Morgan fingerprint density at radius 2 is 2.38 bits per heavy atom. The summed E-state index contributed by atoms with van der Waals surface area (Å²) in [5.74, 6) is 0.817. The second kappa shape index (κ2) is 5.09. The minimum atomic E-state index is 0.0351. The van der Waals surface area contributed by atoms with Crippen molar-refractivity contribution in [3.05, 3.63) is 22.7 Å². The predicted molar refractivity (Wildman–Crippen MR) is 54.1 cm³/mol. The summed E-state index contributed by atoms with van der Waals surface area (Å²) in [7, 11) is 0. The van der Waals surface area contributed by atoms with E-state index in [1.54, 1.807) is 12.3 Å². The monoisotopic (exact) mass is 198 g/mol. The van der Waals surface area contributed by atoms with Gasteiger partial charge in [-0.15, -0.1) is 0 Å². The smallest absolute Gasteiger partial charge is 0.136 e. The normalized spacial score (nSPS) is 12.8. The number of hydrogen-bond acceptors (Lipinski definition) is 3. The lowest BCUT2D eigenvalue weighted by atomic mass is 10.2. The molecule has 1 heterocycles. The Bertz CT molecular complexity index is 310. The average Bonchev–Trinajstić information content (AvgIpc) is 2.14. The second-order valence-electron chi connectivity index (χ2n) is 2.67. The number of H-pyrrole nitrogens is 1. The van der Waals surface area contributed by atoms with Crippen LogP contribution in [0.1, 0.15) is 32.2 Å². The van der Waals surface area contributed by atoms with E-state index >= 15 is 0 Å². The Hall–Kier alpha value is -0.740. The van der Waals surface area contributed by atoms with Gasteiger partial charge in [-0.1, -0.05) is 19.1 Å². The molecule has 0 radical (unpaired) electrons. The van der Waals surface area contributed by atoms with Crippen molar-refractivity contribution < 1.29 is 4.74 Å². The number of ether oxygens (including phenoxy) is 1. The van der Waals surface area contributed by atoms with Gasteiger partial charge in [0.2, 0.25) is 0 Å². The maximum Gasteiger partial charge on any atom is 0.136 e. The molecule has 1 unspecified atom stereocenters. The first-order valence-corrected chi connectivity index (χ1v) is 4.85. The van der Waals surface area contributed by atoms with Gasteiger partial charge < -0.3 is 9.72 Å². The average molecular weight is 198 g/mol. The Kier molecular flexibility index (Phi) is 4.05. The van der Waals surface area contributed by atoms with E-state index in [1.807, 2.05) is 6.92 Å². The topological polar surface area (TPSA) is 37.9 Å². The van der Waals surface area contributed by atoms with Crippen LogP contribution in [0.4, 0.5) is 0 Å². The molecule has 0 saturated heterocycles. The highest BCUT2D eigenvalue weighted by molar-refractivity contribution is 7.71. The number of hydrogen-bond donors (Lipinski definition) is 1. The standard InChI is InChI=1S/C9H14N2OS/c1-3-7(12-4-2)9-10-6-5-8(13)11-9/h5-7H,3-4H2,1-2H3,(H,10,11,13). The summed E-state index contributed by atoms with van der Waals surface area (Å²) >= 11 is 5.00. The van der Waals surface area contributed by atoms with Gasteiger partial charge in [0.15, 0.2) is 0 Å². The first-order chi connectivity index (χ1) is 6.27. The molecule has 0 spiro atoms. The second-order valence-corrected chi connectivity index (χ2v) is 3.11. The van der Waals surface area contributed by atoms with E-state index in [0.717, 1.165) is 12.2 Å². The van der Waals surface area contributed by atoms with Gasteiger partial charge in [-0.05, 0) is 19.4 Å². The third-order valence-corrected chi connectivity index (χ3v) is 1.97. The van der Waals surface area contributed by atoms with Crippen molar-refractivity contribution in [2.24, 2.45) is 0 Å². The Morgan fingerprint density at radius 3 is 2.92 bits per heavy atom. The van der Waals surface area contributed by atoms with Crippen LogP contribution in [-0.2, 0) is 4.74 Å². The lowest BCUT2D eigenvalue weighted by Gasteiger charge is -2.13. The van der Waals surface area contributed by atoms with Crippen molar-refractivity contribution in [3.8, 4) is 0 Å². The maximum absolute atomic E-state index is 5.49. The highest BCUT2D eigenvalue weighted by Crippen LogP contribution is 2.15. The van der Waals surface area contributed by atoms with E-state index < -0.39 is 0 Å². The fourth-order valence-electron chi connectivity index (χ4n) is 1.14. The van der Waals surface area contributed by atoms with E-state index in [0.29, 0.717) is 11.2 Å². The molecule has 0 aliphatic carbocycles. The van der Waals surface area contributed by atoms with E-state index in [2.05, 4.69) is 16.9 Å². The molecule has 0 bridgehead atoms. The predicted octanol–water partition coefficient (Wildman–Crippen LogP) is 2.63. The molecule has 0 fully saturated rings. The maximum atomic E-state index is 5.49. The zero-order valence-electron chi connectivity index (χ0n) is 7.91. The number of nitrogens with one attached hydrogen (secondary N) is 1. The molecular weight excluding hydrogens is 184 g/mol. The van der Waals surface area contributed by atoms with Crippen LogP contribution in [0.3, 0.4) is 0 Å². The summed E-state index contributed by atoms with van der Waals surface area (Å²) in [5, 5.41) is 0. The fraction of sp³-hybridized carbons (Fsp3) is 0.556. The van der Waals surface area contributed by atoms with E-state index in [4.69, 9.17) is 17.0 Å². The number of aromatic amines is 1. The first kappa shape index (κ1) is 10.3. The summed E-state index contributed by atoms with van der Waals surface area (Å²) in [6.07, 6.45) is 2.64. The van der Waals surface area contributed by atoms with Gasteiger partial charge >= 0.3 is 0 Å². The van der Waals surface area contributed by atoms with Crippen molar-refractivity contribution >= 4 is 12.2 Å². The van der Waals surface area contributed by atoms with Crippen molar-refractivity contribution in [1.82, 2.24) is 9.97 Å². The molecule has 3 nitrogen and oxygen atoms in total. The van der Waals surface area contributed by atoms with Crippen LogP contribution in [0.15, 0.2) is 12.3 Å². The Balaban J connectivity index is 2.84. The molecule has 0 aliphatic rings. The van der Waals surface area contributed by atoms with Crippen LogP contribution in [0, 0.1) is 4.64 Å². The molecular formula is C9H14N2OS. The zero-order chi connectivity index (χ0) is 9.68. The van der Waals surface area contributed by atoms with E-state index in [1.165, 1.54) is 0 Å². The van der Waals surface area contributed by atoms with Crippen LogP contribution in [0.2, 0.25) is 0 Å². The van der Waals surface area contributed by atoms with Crippen LogP contribution < -0.4 is 0 Å². The minimum absolute atomic E-state index is 0.0351. The molecule has 1 rings (SSSR count). The summed E-state index contributed by atoms with van der Waals surface area (Å²) in [6, 6.07) is 1.76. The molecule has 1 atom stereocenters. The van der Waals surface area contributed by atoms with Gasteiger partial charge in [-0.25, -0.2) is 4.98 Å². The molecule has 0 aromatic carbocycles. The highest BCUT2D eigenvalue weighted by atomic mass is 32.1. The summed E-state index contributed by atoms with van der Waals surface area (Å²) < 4.78 is 6.19. The Labute approximate surface area is 83.2 Å². The Morgan fingerprint density at radius 1 is 1.62 bits per heavy atom. The van der Waals surface area contributed by atoms with Gasteiger partial charge in [0.25, 0.3) is 0 Å². The minimum Gasteiger partial charge on any atom is -0.371 e. The third kappa shape index (κ3) is 2.90. The summed E-state index contributed by atoms with van der Waals surface area (Å²) in [6.45, 7) is 4.72. The van der Waals surface area contributed by atoms with Crippen LogP contribution >= 0.6 is 12.2 Å². The molecule has 1 aromatic rings. The molecule has 0 aliphatic heterocycles. The van der Waals surface area contributed by atoms with Crippen molar-refractivity contribution in [2.75, 3.05) is 6.61 Å². The molecule has 13 heavy (non-hydrogen) atoms. The van der Waals surface area contributed by atoms with Crippen LogP contribution in [-0.4, -0.2) is 16.6 Å². The zero-order valence-corrected chi connectivity index (χ0v) is 8.73. The summed E-state index contributed by atoms with van der Waals surface area (Å²) in [5.41, 5.74) is 0. The van der Waals surface area contributed by atoms with Crippen molar-refractivity contribution in [1.29, 1.82) is 0 Å². The lowest BCUT2D eigenvalue weighted by Crippen LogP contribution is -2.07. The molecule has 0 saturated carbocycles. The number of nitrogens with zero attached hydrogens (tertiary/aromatic N) is 1. The summed E-state index contributed by atoms with van der Waals surface area (Å²) in [4.78, 5) is 7.20. The van der Waals surface area contributed by atoms with Crippen LogP contribution in [0.5, 0.6) is 0 Å². The fourth-order valence-corrected chi connectivity index (χ4v) is 1.31. The molecule has 1 aromatic heterocycles. The van der Waals surface area contributed by atoms with Crippen molar-refractivity contribution in [3.63, 3.8) is 0 Å². The van der Waals surface area contributed by atoms with E-state index in [-0.39, 0.29) is 6.10 Å². The van der Waals surface area contributed by atoms with Gasteiger partial charge in [-0.3, -0.25) is 0 Å². The molecule has 4 heteroatoms. The van der Waals surface area contributed by atoms with Gasteiger partial charge in [0.1, 0.15) is 16.6 Å². The highest BCUT2D eigenvalue weighted by Gasteiger charge is 2.09. The number of rotatable bonds is 4. The molecule has 1 N–H and O–H groups in total. The third-order valence-electron chi connectivity index (χ3n) is 1.73. The quantitative estimate of drug-likeness (QED) is 0.756. The van der Waals surface area contributed by atoms with Crippen molar-refractivity contribution in [2.45, 2.75) is 26.4 Å². The largest absolute Gasteiger partial charge is 0.371 e. The SMILES string of the molecule is CCOC(CC)c1nccc(=S)[nH]1. The first-order valence-electron chi connectivity index (χ1n) is 4.44. The van der Waals surface area contributed by atoms with Gasteiger partial charge in [0, 0.05) is 12.8 Å². The van der Waals surface area contributed by atoms with Gasteiger partial charge in [-0.2, -0.15) is 0 Å². The van der Waals surface area contributed by atoms with Crippen LogP contribution in [0.25, 0.3) is 0 Å². The number of aromatic nitrogens is 2. The van der Waals surface area contributed by atoms with E-state index in [9.17, 15) is 0 Å². The molecule has 0 amide bonds.